The van der Waals surface area contributed by atoms with Crippen LogP contribution in [0.2, 0.25) is 5.02 Å². The summed E-state index contributed by atoms with van der Waals surface area (Å²) >= 11 is 6.09. The predicted molar refractivity (Wildman–Crippen MR) is 97.4 cm³/mol. The number of nitrogens with zero attached hydrogens (tertiary/aromatic N) is 2. The average Bonchev–Trinajstić information content (AvgIpc) is 2.59. The van der Waals surface area contributed by atoms with E-state index in [2.05, 4.69) is 15.3 Å². The number of ether oxygens (including phenoxy) is 2. The van der Waals surface area contributed by atoms with Crippen LogP contribution in [0.15, 0.2) is 30.7 Å². The van der Waals surface area contributed by atoms with Gasteiger partial charge in [0.1, 0.15) is 30.1 Å². The summed E-state index contributed by atoms with van der Waals surface area (Å²) in [5.41, 5.74) is 0.964. The molecule has 0 spiro atoms. The molecule has 1 aromatic heterocycles. The molecule has 2 rings (SSSR count). The Morgan fingerprint density at radius 2 is 2.12 bits per heavy atom. The molecule has 0 saturated carbocycles. The van der Waals surface area contributed by atoms with E-state index in [9.17, 15) is 13.2 Å². The van der Waals surface area contributed by atoms with Gasteiger partial charge in [0.2, 0.25) is 0 Å². The van der Waals surface area contributed by atoms with E-state index in [1.165, 1.54) is 19.6 Å². The Morgan fingerprint density at radius 3 is 2.77 bits per heavy atom. The highest BCUT2D eigenvalue weighted by Gasteiger charge is 2.15. The van der Waals surface area contributed by atoms with Crippen molar-refractivity contribution in [1.82, 2.24) is 9.97 Å². The van der Waals surface area contributed by atoms with E-state index in [1.807, 2.05) is 6.07 Å². The summed E-state index contributed by atoms with van der Waals surface area (Å²) < 4.78 is 32.3. The molecule has 10 heteroatoms. The van der Waals surface area contributed by atoms with Crippen LogP contribution in [0, 0.1) is 0 Å². The number of halogens is 1. The molecule has 140 valence electrons. The summed E-state index contributed by atoms with van der Waals surface area (Å²) in [6, 6.07) is 5.29. The fourth-order valence-corrected chi connectivity index (χ4v) is 2.66. The third-order valence-corrected chi connectivity index (χ3v) is 4.50. The monoisotopic (exact) mass is 399 g/mol. The molecule has 0 saturated heterocycles. The first-order chi connectivity index (χ1) is 12.3. The number of esters is 1. The first-order valence-corrected chi connectivity index (χ1v) is 9.95. The van der Waals surface area contributed by atoms with Gasteiger partial charge in [-0.25, -0.2) is 23.2 Å². The topological polar surface area (TPSA) is 107 Å². The van der Waals surface area contributed by atoms with Gasteiger partial charge in [-0.05, 0) is 17.7 Å². The maximum absolute atomic E-state index is 12.1. The number of methoxy groups -OCH3 is 1. The second-order valence-corrected chi connectivity index (χ2v) is 8.04. The molecule has 2 aromatic rings. The number of sulfone groups is 1. The Morgan fingerprint density at radius 1 is 1.35 bits per heavy atom. The van der Waals surface area contributed by atoms with Gasteiger partial charge in [-0.15, -0.1) is 0 Å². The molecule has 0 bridgehead atoms. The molecule has 0 fully saturated rings. The largest absolute Gasteiger partial charge is 0.495 e. The van der Waals surface area contributed by atoms with Crippen LogP contribution in [0.1, 0.15) is 15.9 Å². The molecule has 1 aromatic carbocycles. The molecule has 0 aliphatic carbocycles. The summed E-state index contributed by atoms with van der Waals surface area (Å²) in [5.74, 6) is -0.118. The van der Waals surface area contributed by atoms with Crippen molar-refractivity contribution in [2.24, 2.45) is 0 Å². The molecular formula is C16H18ClN3O5S. The number of benzene rings is 1. The second-order valence-electron chi connectivity index (χ2n) is 5.37. The van der Waals surface area contributed by atoms with E-state index >= 15 is 0 Å². The fourth-order valence-electron chi connectivity index (χ4n) is 1.99. The van der Waals surface area contributed by atoms with Crippen molar-refractivity contribution in [3.05, 3.63) is 46.9 Å². The van der Waals surface area contributed by atoms with Crippen LogP contribution in [0.5, 0.6) is 5.75 Å². The van der Waals surface area contributed by atoms with E-state index < -0.39 is 15.8 Å². The lowest BCUT2D eigenvalue weighted by Gasteiger charge is -2.11. The van der Waals surface area contributed by atoms with Gasteiger partial charge in [-0.2, -0.15) is 0 Å². The number of rotatable bonds is 8. The third kappa shape index (κ3) is 5.85. The Kier molecular flexibility index (Phi) is 6.76. The van der Waals surface area contributed by atoms with Crippen molar-refractivity contribution < 1.29 is 22.7 Å². The maximum atomic E-state index is 12.1. The van der Waals surface area contributed by atoms with Gasteiger partial charge >= 0.3 is 5.97 Å². The van der Waals surface area contributed by atoms with E-state index in [0.29, 0.717) is 17.3 Å². The lowest BCUT2D eigenvalue weighted by atomic mass is 10.2. The van der Waals surface area contributed by atoms with Crippen LogP contribution in [-0.2, 0) is 21.1 Å². The smallest absolute Gasteiger partial charge is 0.343 e. The number of nitrogens with one attached hydrogen (secondary N) is 1. The molecule has 0 radical (unpaired) electrons. The molecule has 8 nitrogen and oxygen atoms in total. The number of anilines is 1. The first kappa shape index (κ1) is 19.9. The van der Waals surface area contributed by atoms with Gasteiger partial charge in [0, 0.05) is 19.0 Å². The van der Waals surface area contributed by atoms with Crippen molar-refractivity contribution in [1.29, 1.82) is 0 Å². The highest BCUT2D eigenvalue weighted by Crippen LogP contribution is 2.25. The molecule has 0 amide bonds. The molecular weight excluding hydrogens is 382 g/mol. The van der Waals surface area contributed by atoms with Crippen molar-refractivity contribution in [3.63, 3.8) is 0 Å². The molecule has 0 aliphatic heterocycles. The number of hydrogen-bond donors (Lipinski definition) is 1. The first-order valence-electron chi connectivity index (χ1n) is 7.51. The van der Waals surface area contributed by atoms with E-state index in [4.69, 9.17) is 21.1 Å². The Balaban J connectivity index is 2.04. The zero-order chi connectivity index (χ0) is 19.2. The van der Waals surface area contributed by atoms with Crippen LogP contribution < -0.4 is 10.1 Å². The Labute approximate surface area is 156 Å². The third-order valence-electron chi connectivity index (χ3n) is 3.30. The van der Waals surface area contributed by atoms with Crippen LogP contribution in [0.3, 0.4) is 0 Å². The SMILES string of the molecule is COc1ccc(CNc2ncncc2C(=O)OCCS(C)(=O)=O)cc1Cl. The fraction of sp³-hybridized carbons (Fsp3) is 0.312. The van der Waals surface area contributed by atoms with Gasteiger partial charge in [0.25, 0.3) is 0 Å². The van der Waals surface area contributed by atoms with Crippen molar-refractivity contribution >= 4 is 33.2 Å². The summed E-state index contributed by atoms with van der Waals surface area (Å²) in [6.07, 6.45) is 3.66. The van der Waals surface area contributed by atoms with Crippen molar-refractivity contribution in [2.75, 3.05) is 31.0 Å². The van der Waals surface area contributed by atoms with Crippen LogP contribution in [0.25, 0.3) is 0 Å². The van der Waals surface area contributed by atoms with Gasteiger partial charge < -0.3 is 14.8 Å². The lowest BCUT2D eigenvalue weighted by molar-refractivity contribution is 0.0529. The Bertz CT molecular complexity index is 889. The number of carbonyl (C=O) groups is 1. The van der Waals surface area contributed by atoms with E-state index in [-0.39, 0.29) is 23.7 Å². The second kappa shape index (κ2) is 8.81. The summed E-state index contributed by atoms with van der Waals surface area (Å²) in [4.78, 5) is 20.0. The normalized spacial score (nSPS) is 11.0. The molecule has 1 N–H and O–H groups in total. The molecule has 0 aliphatic rings. The molecule has 26 heavy (non-hydrogen) atoms. The number of carbonyl (C=O) groups excluding carboxylic acids is 1. The van der Waals surface area contributed by atoms with Crippen LogP contribution in [0.4, 0.5) is 5.82 Å². The van der Waals surface area contributed by atoms with Gasteiger partial charge in [0.05, 0.1) is 17.9 Å². The maximum Gasteiger partial charge on any atom is 0.343 e. The predicted octanol–water partition coefficient (Wildman–Crippen LogP) is 1.95. The number of hydrogen-bond acceptors (Lipinski definition) is 8. The standard InChI is InChI=1S/C16H18ClN3O5S/c1-24-14-4-3-11(7-13(14)17)8-19-15-12(9-18-10-20-15)16(21)25-5-6-26(2,22)23/h3-4,7,9-10H,5-6,8H2,1-2H3,(H,18,19,20). The van der Waals surface area contributed by atoms with Gasteiger partial charge in [0.15, 0.2) is 9.84 Å². The van der Waals surface area contributed by atoms with Gasteiger partial charge in [-0.1, -0.05) is 17.7 Å². The zero-order valence-electron chi connectivity index (χ0n) is 14.2. The lowest BCUT2D eigenvalue weighted by Crippen LogP contribution is -2.16. The quantitative estimate of drug-likeness (QED) is 0.671. The highest BCUT2D eigenvalue weighted by atomic mass is 35.5. The molecule has 0 atom stereocenters. The van der Waals surface area contributed by atoms with Crippen molar-refractivity contribution in [2.45, 2.75) is 6.54 Å². The Hall–Kier alpha value is -2.39. The highest BCUT2D eigenvalue weighted by molar-refractivity contribution is 7.90. The minimum Gasteiger partial charge on any atom is -0.495 e. The zero-order valence-corrected chi connectivity index (χ0v) is 15.8. The van der Waals surface area contributed by atoms with Gasteiger partial charge in [-0.3, -0.25) is 0 Å². The molecule has 1 heterocycles. The van der Waals surface area contributed by atoms with E-state index in [1.54, 1.807) is 12.1 Å². The minimum atomic E-state index is -3.22. The summed E-state index contributed by atoms with van der Waals surface area (Å²) in [6.45, 7) is 0.116. The molecule has 0 unspecified atom stereocenters. The van der Waals surface area contributed by atoms with Crippen LogP contribution >= 0.6 is 11.6 Å². The van der Waals surface area contributed by atoms with Crippen LogP contribution in [-0.4, -0.2) is 50.1 Å². The van der Waals surface area contributed by atoms with E-state index in [0.717, 1.165) is 11.8 Å². The van der Waals surface area contributed by atoms with Crippen molar-refractivity contribution in [3.8, 4) is 5.75 Å². The summed E-state index contributed by atoms with van der Waals surface area (Å²) in [5, 5.41) is 3.48. The average molecular weight is 400 g/mol. The minimum absolute atomic E-state index is 0.112. The summed E-state index contributed by atoms with van der Waals surface area (Å²) in [7, 11) is -1.69. The number of aromatic nitrogens is 2.